The molecule has 212 valence electrons. The number of aliphatic hydroxyl groups is 2. The van der Waals surface area contributed by atoms with Crippen LogP contribution < -0.4 is 9.47 Å². The van der Waals surface area contributed by atoms with Crippen LogP contribution in [0, 0.1) is 0 Å². The van der Waals surface area contributed by atoms with E-state index in [-0.39, 0.29) is 12.0 Å². The number of hydrogen-bond donors (Lipinski definition) is 2. The van der Waals surface area contributed by atoms with Gasteiger partial charge in [-0.25, -0.2) is 4.98 Å². The first kappa shape index (κ1) is 26.3. The van der Waals surface area contributed by atoms with Crippen molar-refractivity contribution >= 4 is 22.6 Å². The molecule has 7 rings (SSSR count). The quantitative estimate of drug-likeness (QED) is 0.297. The van der Waals surface area contributed by atoms with Crippen LogP contribution in [-0.4, -0.2) is 48.9 Å². The molecule has 41 heavy (non-hydrogen) atoms. The zero-order chi connectivity index (χ0) is 28.1. The minimum absolute atomic E-state index is 0.145. The lowest BCUT2D eigenvalue weighted by Gasteiger charge is -2.30. The summed E-state index contributed by atoms with van der Waals surface area (Å²) in [6, 6.07) is 15.0. The summed E-state index contributed by atoms with van der Waals surface area (Å²) in [5.41, 5.74) is 3.91. The lowest BCUT2D eigenvalue weighted by atomic mass is 9.92. The lowest BCUT2D eigenvalue weighted by molar-refractivity contribution is -0.0721. The van der Waals surface area contributed by atoms with Gasteiger partial charge in [-0.05, 0) is 49.4 Å². The number of fused-ring (bicyclic) bond motifs is 2. The summed E-state index contributed by atoms with van der Waals surface area (Å²) < 4.78 is 20.5. The maximum Gasteiger partial charge on any atom is 0.292 e. The maximum absolute atomic E-state index is 9.71. The number of aromatic nitrogens is 3. The summed E-state index contributed by atoms with van der Waals surface area (Å²) in [6.07, 6.45) is 6.47. The molecular weight excluding hydrogens is 544 g/mol. The number of ether oxygens (including phenoxy) is 3. The van der Waals surface area contributed by atoms with E-state index in [0.29, 0.717) is 35.1 Å². The highest BCUT2D eigenvalue weighted by Crippen LogP contribution is 2.48. The third-order valence-electron chi connectivity index (χ3n) is 8.13. The van der Waals surface area contributed by atoms with Crippen LogP contribution >= 0.6 is 11.6 Å². The van der Waals surface area contributed by atoms with Gasteiger partial charge < -0.3 is 33.9 Å². The average Bonchev–Trinajstić information content (AvgIpc) is 3.47. The van der Waals surface area contributed by atoms with E-state index in [4.69, 9.17) is 30.8 Å². The number of benzene rings is 2. The van der Waals surface area contributed by atoms with Crippen molar-refractivity contribution in [1.29, 1.82) is 0 Å². The molecule has 9 nitrogen and oxygen atoms in total. The smallest absolute Gasteiger partial charge is 0.292 e. The molecule has 2 N–H and O–H groups in total. The summed E-state index contributed by atoms with van der Waals surface area (Å²) in [7, 11) is 0. The number of nitrogens with zero attached hydrogens (tertiary/aromatic N) is 4. The summed E-state index contributed by atoms with van der Waals surface area (Å²) in [6.45, 7) is 4.80. The van der Waals surface area contributed by atoms with Crippen LogP contribution in [0.2, 0.25) is 5.02 Å². The van der Waals surface area contributed by atoms with E-state index in [2.05, 4.69) is 32.8 Å². The largest absolute Gasteiger partial charge is 0.443 e. The Kier molecular flexibility index (Phi) is 6.62. The van der Waals surface area contributed by atoms with Crippen LogP contribution in [0.25, 0.3) is 11.0 Å². The Labute approximate surface area is 242 Å². The van der Waals surface area contributed by atoms with Gasteiger partial charge >= 0.3 is 0 Å². The van der Waals surface area contributed by atoms with Crippen molar-refractivity contribution in [3.63, 3.8) is 0 Å². The molecule has 3 aliphatic rings. The fourth-order valence-electron chi connectivity index (χ4n) is 5.77. The van der Waals surface area contributed by atoms with Gasteiger partial charge in [0.25, 0.3) is 5.79 Å². The lowest BCUT2D eigenvalue weighted by Crippen LogP contribution is -2.33. The van der Waals surface area contributed by atoms with Crippen LogP contribution in [-0.2, 0) is 23.6 Å². The number of pyridine rings is 1. The summed E-state index contributed by atoms with van der Waals surface area (Å²) in [5.74, 6) is 1.52. The number of aliphatic hydroxyl groups excluding tert-OH is 1. The van der Waals surface area contributed by atoms with Gasteiger partial charge in [-0.3, -0.25) is 4.98 Å². The zero-order valence-corrected chi connectivity index (χ0v) is 23.4. The molecule has 10 heteroatoms. The van der Waals surface area contributed by atoms with Gasteiger partial charge in [-0.15, -0.1) is 0 Å². The van der Waals surface area contributed by atoms with Crippen LogP contribution in [0.5, 0.6) is 11.5 Å². The number of para-hydroxylation sites is 1. The van der Waals surface area contributed by atoms with Gasteiger partial charge in [-0.2, -0.15) is 0 Å². The maximum atomic E-state index is 9.71. The highest BCUT2D eigenvalue weighted by atomic mass is 35.5. The summed E-state index contributed by atoms with van der Waals surface area (Å²) in [4.78, 5) is 11.6. The van der Waals surface area contributed by atoms with Crippen LogP contribution in [0.15, 0.2) is 67.0 Å². The molecule has 0 bridgehead atoms. The van der Waals surface area contributed by atoms with Gasteiger partial charge in [0.15, 0.2) is 17.8 Å². The van der Waals surface area contributed by atoms with Crippen molar-refractivity contribution < 1.29 is 24.4 Å². The summed E-state index contributed by atoms with van der Waals surface area (Å²) in [5, 5.41) is 20.0. The molecule has 1 unspecified atom stereocenters. The summed E-state index contributed by atoms with van der Waals surface area (Å²) >= 11 is 6.04. The predicted molar refractivity (Wildman–Crippen MR) is 152 cm³/mol. The van der Waals surface area contributed by atoms with Crippen molar-refractivity contribution in [3.05, 3.63) is 94.7 Å². The van der Waals surface area contributed by atoms with E-state index < -0.39 is 12.1 Å². The van der Waals surface area contributed by atoms with Crippen molar-refractivity contribution in [2.24, 2.45) is 0 Å². The molecule has 5 heterocycles. The third kappa shape index (κ3) is 4.93. The minimum Gasteiger partial charge on any atom is -0.443 e. The Morgan fingerprint density at radius 3 is 2.71 bits per heavy atom. The minimum atomic E-state index is -1.53. The van der Waals surface area contributed by atoms with E-state index in [1.807, 2.05) is 37.3 Å². The fourth-order valence-corrected chi connectivity index (χ4v) is 5.88. The topological polar surface area (TPSA) is 102 Å². The molecule has 0 aliphatic carbocycles. The van der Waals surface area contributed by atoms with Gasteiger partial charge in [-0.1, -0.05) is 35.9 Å². The zero-order valence-electron chi connectivity index (χ0n) is 22.6. The third-order valence-corrected chi connectivity index (χ3v) is 8.36. The van der Waals surface area contributed by atoms with Crippen molar-refractivity contribution in [2.45, 2.75) is 57.0 Å². The highest BCUT2D eigenvalue weighted by molar-refractivity contribution is 6.30. The van der Waals surface area contributed by atoms with Gasteiger partial charge in [0, 0.05) is 43.3 Å². The molecule has 4 aromatic rings. The average molecular weight is 575 g/mol. The molecule has 3 aliphatic heterocycles. The molecular formula is C31H31ClN4O5. The molecule has 1 saturated heterocycles. The Morgan fingerprint density at radius 2 is 2.00 bits per heavy atom. The predicted octanol–water partition coefficient (Wildman–Crippen LogP) is 5.00. The molecule has 3 atom stereocenters. The monoisotopic (exact) mass is 574 g/mol. The second-order valence-corrected chi connectivity index (χ2v) is 11.4. The van der Waals surface area contributed by atoms with Crippen LogP contribution in [0.3, 0.4) is 0 Å². The first-order valence-electron chi connectivity index (χ1n) is 13.9. The second kappa shape index (κ2) is 10.3. The second-order valence-electron chi connectivity index (χ2n) is 10.9. The SMILES string of the molecule is C[C@]1(c2ccc(Cl)cn2)Oc2cccc(C3C=CN(Cc4nc5ccc(C(O)O)cc5n4C[C@@H]4CCO4)CC3)c2O1. The number of imidazole rings is 1. The highest BCUT2D eigenvalue weighted by Gasteiger charge is 2.42. The normalized spacial score (nSPS) is 23.4. The van der Waals surface area contributed by atoms with Crippen molar-refractivity contribution in [1.82, 2.24) is 19.4 Å². The van der Waals surface area contributed by atoms with E-state index in [0.717, 1.165) is 54.2 Å². The Bertz CT molecular complexity index is 1620. The van der Waals surface area contributed by atoms with Gasteiger partial charge in [0.05, 0.1) is 35.2 Å². The standard InChI is InChI=1S/C31H31ClN4O5/c1-31(27-8-6-21(32)16-33-27)40-26-4-2-3-23(29(26)41-31)19-9-12-35(13-10-19)18-28-34-24-7-5-20(30(37)38)15-25(24)36(28)17-22-11-14-39-22/h2-9,12,15-16,19,22,30,37-38H,10-11,13-14,17-18H2,1H3/t19?,22-,31-/m0/s1. The molecule has 0 saturated carbocycles. The van der Waals surface area contributed by atoms with Gasteiger partial charge in [0.2, 0.25) is 0 Å². The molecule has 2 aromatic carbocycles. The molecule has 0 spiro atoms. The van der Waals surface area contributed by atoms with E-state index in [9.17, 15) is 10.2 Å². The van der Waals surface area contributed by atoms with E-state index in [1.165, 1.54) is 0 Å². The Hall–Kier alpha value is -3.63. The van der Waals surface area contributed by atoms with E-state index >= 15 is 0 Å². The Balaban J connectivity index is 1.11. The first-order chi connectivity index (χ1) is 19.9. The van der Waals surface area contributed by atoms with Crippen molar-refractivity contribution in [2.75, 3.05) is 13.2 Å². The van der Waals surface area contributed by atoms with Crippen molar-refractivity contribution in [3.8, 4) is 11.5 Å². The number of halogens is 1. The molecule has 1 fully saturated rings. The van der Waals surface area contributed by atoms with E-state index in [1.54, 1.807) is 18.3 Å². The molecule has 0 amide bonds. The van der Waals surface area contributed by atoms with Crippen LogP contribution in [0.4, 0.5) is 0 Å². The fraction of sp³-hybridized carbons (Fsp3) is 0.355. The van der Waals surface area contributed by atoms with Gasteiger partial charge in [0.1, 0.15) is 11.5 Å². The number of hydrogen-bond acceptors (Lipinski definition) is 8. The molecule has 0 radical (unpaired) electrons. The number of rotatable bonds is 7. The number of allylic oxidation sites excluding steroid dienone is 1. The first-order valence-corrected chi connectivity index (χ1v) is 14.3. The van der Waals surface area contributed by atoms with Crippen LogP contribution in [0.1, 0.15) is 54.6 Å². The molecule has 2 aromatic heterocycles. The Morgan fingerprint density at radius 1 is 1.12 bits per heavy atom.